The summed E-state index contributed by atoms with van der Waals surface area (Å²) >= 11 is 0. The minimum Gasteiger partial charge on any atom is -0.486 e. The standard InChI is InChI=1S/C20H15F3O6/c21-20(22,23)29-15-5-1-13(2-6-15)3-8-19(25)28-12-16(24)14-4-7-17-18(11-14)27-10-9-26-17/h1-8,11H,9-10,12H2/b8-3+. The third-order valence-corrected chi connectivity index (χ3v) is 3.74. The van der Waals surface area contributed by atoms with Crippen molar-refractivity contribution in [1.29, 1.82) is 0 Å². The highest BCUT2D eigenvalue weighted by Crippen LogP contribution is 2.30. The highest BCUT2D eigenvalue weighted by molar-refractivity contribution is 5.99. The van der Waals surface area contributed by atoms with Crippen LogP contribution < -0.4 is 14.2 Å². The van der Waals surface area contributed by atoms with Gasteiger partial charge in [0.25, 0.3) is 0 Å². The van der Waals surface area contributed by atoms with Gasteiger partial charge in [-0.15, -0.1) is 13.2 Å². The molecule has 0 aliphatic carbocycles. The number of esters is 1. The van der Waals surface area contributed by atoms with Gasteiger partial charge in [-0.05, 0) is 42.0 Å². The molecule has 0 bridgehead atoms. The smallest absolute Gasteiger partial charge is 0.486 e. The first kappa shape index (κ1) is 20.2. The molecule has 0 N–H and O–H groups in total. The third-order valence-electron chi connectivity index (χ3n) is 3.74. The molecule has 3 rings (SSSR count). The fraction of sp³-hybridized carbons (Fsp3) is 0.200. The number of rotatable bonds is 6. The van der Waals surface area contributed by atoms with Crippen molar-refractivity contribution in [2.75, 3.05) is 19.8 Å². The Morgan fingerprint density at radius 3 is 2.38 bits per heavy atom. The average Bonchev–Trinajstić information content (AvgIpc) is 2.70. The number of Topliss-reactive ketones (excluding diaryl/α,β-unsaturated/α-hetero) is 1. The van der Waals surface area contributed by atoms with Gasteiger partial charge < -0.3 is 18.9 Å². The molecule has 29 heavy (non-hydrogen) atoms. The van der Waals surface area contributed by atoms with E-state index in [0.717, 1.165) is 18.2 Å². The number of hydrogen-bond donors (Lipinski definition) is 0. The lowest BCUT2D eigenvalue weighted by molar-refractivity contribution is -0.274. The maximum Gasteiger partial charge on any atom is 0.573 e. The van der Waals surface area contributed by atoms with Crippen molar-refractivity contribution in [2.45, 2.75) is 6.36 Å². The molecule has 9 heteroatoms. The summed E-state index contributed by atoms with van der Waals surface area (Å²) in [6.07, 6.45) is -2.37. The second-order valence-corrected chi connectivity index (χ2v) is 5.84. The Hall–Kier alpha value is -3.49. The lowest BCUT2D eigenvalue weighted by Gasteiger charge is -2.18. The van der Waals surface area contributed by atoms with Gasteiger partial charge in [0.05, 0.1) is 0 Å². The van der Waals surface area contributed by atoms with Crippen LogP contribution in [0.1, 0.15) is 15.9 Å². The predicted octanol–water partition coefficient (Wildman–Crippen LogP) is 3.80. The number of fused-ring (bicyclic) bond motifs is 1. The van der Waals surface area contributed by atoms with Gasteiger partial charge in [0.1, 0.15) is 19.0 Å². The summed E-state index contributed by atoms with van der Waals surface area (Å²) < 4.78 is 55.7. The van der Waals surface area contributed by atoms with Gasteiger partial charge in [0, 0.05) is 11.6 Å². The topological polar surface area (TPSA) is 71.1 Å². The number of halogens is 3. The van der Waals surface area contributed by atoms with E-state index < -0.39 is 24.7 Å². The zero-order valence-corrected chi connectivity index (χ0v) is 14.9. The Bertz CT molecular complexity index is 919. The summed E-state index contributed by atoms with van der Waals surface area (Å²) in [5.74, 6) is -0.572. The van der Waals surface area contributed by atoms with Crippen LogP contribution in [-0.4, -0.2) is 37.9 Å². The van der Waals surface area contributed by atoms with Crippen LogP contribution in [-0.2, 0) is 9.53 Å². The van der Waals surface area contributed by atoms with Crippen molar-refractivity contribution >= 4 is 17.8 Å². The van der Waals surface area contributed by atoms with E-state index in [1.807, 2.05) is 0 Å². The molecule has 0 spiro atoms. The first-order chi connectivity index (χ1) is 13.8. The summed E-state index contributed by atoms with van der Waals surface area (Å²) in [4.78, 5) is 23.9. The van der Waals surface area contributed by atoms with Crippen molar-refractivity contribution in [3.8, 4) is 17.2 Å². The summed E-state index contributed by atoms with van der Waals surface area (Å²) in [6.45, 7) is 0.344. The molecule has 0 saturated carbocycles. The monoisotopic (exact) mass is 408 g/mol. The van der Waals surface area contributed by atoms with Crippen LogP contribution >= 0.6 is 0 Å². The number of carbonyl (C=O) groups excluding carboxylic acids is 2. The van der Waals surface area contributed by atoms with Gasteiger partial charge in [0.15, 0.2) is 23.9 Å². The molecule has 0 radical (unpaired) electrons. The maximum absolute atomic E-state index is 12.2. The maximum atomic E-state index is 12.2. The lowest BCUT2D eigenvalue weighted by Crippen LogP contribution is -2.17. The Labute approximate surface area is 163 Å². The number of carbonyl (C=O) groups is 2. The second kappa shape index (κ2) is 8.68. The summed E-state index contributed by atoms with van der Waals surface area (Å²) in [5, 5.41) is 0. The van der Waals surface area contributed by atoms with Gasteiger partial charge in [0.2, 0.25) is 0 Å². The molecule has 1 aliphatic heterocycles. The van der Waals surface area contributed by atoms with Crippen molar-refractivity contribution in [2.24, 2.45) is 0 Å². The summed E-state index contributed by atoms with van der Waals surface area (Å²) in [6, 6.07) is 9.58. The average molecular weight is 408 g/mol. The number of ether oxygens (including phenoxy) is 4. The molecular formula is C20H15F3O6. The van der Waals surface area contributed by atoms with E-state index in [1.165, 1.54) is 24.3 Å². The minimum atomic E-state index is -4.77. The number of hydrogen-bond acceptors (Lipinski definition) is 6. The summed E-state index contributed by atoms with van der Waals surface area (Å²) in [7, 11) is 0. The van der Waals surface area contributed by atoms with Crippen LogP contribution in [0.3, 0.4) is 0 Å². The molecule has 6 nitrogen and oxygen atoms in total. The van der Waals surface area contributed by atoms with Crippen molar-refractivity contribution in [3.63, 3.8) is 0 Å². The van der Waals surface area contributed by atoms with Crippen LogP contribution in [0.15, 0.2) is 48.5 Å². The van der Waals surface area contributed by atoms with Crippen LogP contribution in [0.4, 0.5) is 13.2 Å². The van der Waals surface area contributed by atoms with E-state index in [1.54, 1.807) is 12.1 Å². The van der Waals surface area contributed by atoms with Gasteiger partial charge in [-0.2, -0.15) is 0 Å². The Morgan fingerprint density at radius 1 is 1.00 bits per heavy atom. The lowest BCUT2D eigenvalue weighted by atomic mass is 10.1. The normalized spacial score (nSPS) is 13.2. The first-order valence-corrected chi connectivity index (χ1v) is 8.44. The zero-order chi connectivity index (χ0) is 20.9. The number of ketones is 1. The van der Waals surface area contributed by atoms with Crippen LogP contribution in [0.2, 0.25) is 0 Å². The Morgan fingerprint density at radius 2 is 1.69 bits per heavy atom. The summed E-state index contributed by atoms with van der Waals surface area (Å²) in [5.41, 5.74) is 0.765. The Balaban J connectivity index is 1.51. The third kappa shape index (κ3) is 6.00. The van der Waals surface area contributed by atoms with E-state index in [2.05, 4.69) is 4.74 Å². The van der Waals surface area contributed by atoms with E-state index in [4.69, 9.17) is 14.2 Å². The van der Waals surface area contributed by atoms with E-state index in [0.29, 0.717) is 35.8 Å². The molecule has 1 aliphatic rings. The first-order valence-electron chi connectivity index (χ1n) is 8.44. The predicted molar refractivity (Wildman–Crippen MR) is 94.9 cm³/mol. The fourth-order valence-corrected chi connectivity index (χ4v) is 2.43. The molecule has 2 aromatic carbocycles. The number of benzene rings is 2. The molecule has 0 unspecified atom stereocenters. The van der Waals surface area contributed by atoms with Crippen molar-refractivity contribution < 1.29 is 41.7 Å². The largest absolute Gasteiger partial charge is 0.573 e. The Kier molecular flexibility index (Phi) is 6.06. The van der Waals surface area contributed by atoms with E-state index >= 15 is 0 Å². The van der Waals surface area contributed by atoms with Gasteiger partial charge in [-0.1, -0.05) is 12.1 Å². The molecule has 0 atom stereocenters. The molecule has 1 heterocycles. The van der Waals surface area contributed by atoms with Gasteiger partial charge >= 0.3 is 12.3 Å². The molecule has 0 aromatic heterocycles. The van der Waals surface area contributed by atoms with Crippen molar-refractivity contribution in [1.82, 2.24) is 0 Å². The van der Waals surface area contributed by atoms with E-state index in [9.17, 15) is 22.8 Å². The van der Waals surface area contributed by atoms with Crippen molar-refractivity contribution in [3.05, 3.63) is 59.7 Å². The van der Waals surface area contributed by atoms with Crippen LogP contribution in [0.5, 0.6) is 17.2 Å². The quantitative estimate of drug-likeness (QED) is 0.412. The molecule has 152 valence electrons. The SMILES string of the molecule is O=C(/C=C/c1ccc(OC(F)(F)F)cc1)OCC(=O)c1ccc2c(c1)OCCO2. The zero-order valence-electron chi connectivity index (χ0n) is 14.9. The van der Waals surface area contributed by atoms with Gasteiger partial charge in [-0.25, -0.2) is 4.79 Å². The molecule has 0 amide bonds. The molecule has 2 aromatic rings. The minimum absolute atomic E-state index is 0.311. The van der Waals surface area contributed by atoms with E-state index in [-0.39, 0.29) is 5.75 Å². The molecule has 0 fully saturated rings. The van der Waals surface area contributed by atoms with Gasteiger partial charge in [-0.3, -0.25) is 4.79 Å². The molecule has 0 saturated heterocycles. The highest BCUT2D eigenvalue weighted by Gasteiger charge is 2.30. The second-order valence-electron chi connectivity index (χ2n) is 5.84. The number of alkyl halides is 3. The van der Waals surface area contributed by atoms with Crippen LogP contribution in [0.25, 0.3) is 6.08 Å². The molecular weight excluding hydrogens is 393 g/mol. The highest BCUT2D eigenvalue weighted by atomic mass is 19.4. The van der Waals surface area contributed by atoms with Crippen LogP contribution in [0, 0.1) is 0 Å². The fourth-order valence-electron chi connectivity index (χ4n) is 2.43.